The summed E-state index contributed by atoms with van der Waals surface area (Å²) in [5.41, 5.74) is 1.28. The van der Waals surface area contributed by atoms with E-state index in [1.54, 1.807) is 30.4 Å². The van der Waals surface area contributed by atoms with Crippen LogP contribution in [0.1, 0.15) is 12.0 Å². The summed E-state index contributed by atoms with van der Waals surface area (Å²) in [7, 11) is -2.41. The van der Waals surface area contributed by atoms with Crippen molar-refractivity contribution in [3.05, 3.63) is 53.6 Å². The Morgan fingerprint density at radius 1 is 1.29 bits per heavy atom. The maximum absolute atomic E-state index is 12.4. The van der Waals surface area contributed by atoms with E-state index < -0.39 is 22.0 Å². The van der Waals surface area contributed by atoms with Crippen molar-refractivity contribution in [2.24, 2.45) is 0 Å². The van der Waals surface area contributed by atoms with Crippen LogP contribution in [0.2, 0.25) is 0 Å². The number of hydrogen-bond acceptors (Lipinski definition) is 4. The van der Waals surface area contributed by atoms with Crippen LogP contribution in [-0.2, 0) is 19.6 Å². The number of sulfonamides is 1. The van der Waals surface area contributed by atoms with Gasteiger partial charge in [-0.05, 0) is 25.5 Å². The van der Waals surface area contributed by atoms with E-state index in [1.807, 2.05) is 6.92 Å². The fraction of sp³-hybridized carbons (Fsp3) is 0.267. The van der Waals surface area contributed by atoms with E-state index >= 15 is 0 Å². The van der Waals surface area contributed by atoms with Gasteiger partial charge in [0.05, 0.1) is 23.6 Å². The molecular formula is C15H17NO4S. The lowest BCUT2D eigenvalue weighted by Gasteiger charge is -2.21. The van der Waals surface area contributed by atoms with E-state index in [-0.39, 0.29) is 4.90 Å². The lowest BCUT2D eigenvalue weighted by molar-refractivity contribution is -0.136. The highest BCUT2D eigenvalue weighted by Crippen LogP contribution is 2.18. The minimum absolute atomic E-state index is 0.173. The molecule has 1 aliphatic rings. The Morgan fingerprint density at radius 3 is 2.57 bits per heavy atom. The summed E-state index contributed by atoms with van der Waals surface area (Å²) >= 11 is 0. The highest BCUT2D eigenvalue weighted by Gasteiger charge is 2.27. The molecule has 6 heteroatoms. The van der Waals surface area contributed by atoms with Crippen LogP contribution in [0.3, 0.4) is 0 Å². The normalized spacial score (nSPS) is 18.2. The molecule has 21 heavy (non-hydrogen) atoms. The van der Waals surface area contributed by atoms with Crippen LogP contribution in [0.4, 0.5) is 0 Å². The van der Waals surface area contributed by atoms with Crippen LogP contribution in [0.5, 0.6) is 0 Å². The van der Waals surface area contributed by atoms with Crippen LogP contribution in [-0.4, -0.2) is 27.5 Å². The van der Waals surface area contributed by atoms with Gasteiger partial charge in [0.2, 0.25) is 10.0 Å². The van der Waals surface area contributed by atoms with Gasteiger partial charge in [-0.3, -0.25) is 0 Å². The maximum Gasteiger partial charge on any atom is 0.335 e. The fourth-order valence-corrected chi connectivity index (χ4v) is 3.27. The van der Waals surface area contributed by atoms with Gasteiger partial charge in [0.25, 0.3) is 0 Å². The standard InChI is InChI=1S/C15H17NO4S/c1-11-7-9-12(10-8-11)21(18,19)16-14-6-4-3-5-13(14)15(17)20-2/h3-5,7-10,14,16H,6H2,1-2H3. The Hall–Kier alpha value is -1.92. The minimum atomic E-state index is -3.68. The smallest absolute Gasteiger partial charge is 0.335 e. The Balaban J connectivity index is 2.23. The van der Waals surface area contributed by atoms with Gasteiger partial charge in [0.15, 0.2) is 0 Å². The first-order valence-corrected chi connectivity index (χ1v) is 7.96. The molecule has 1 aromatic carbocycles. The summed E-state index contributed by atoms with van der Waals surface area (Å²) in [5.74, 6) is -0.532. The number of nitrogens with one attached hydrogen (secondary N) is 1. The first-order valence-electron chi connectivity index (χ1n) is 6.48. The number of hydrogen-bond donors (Lipinski definition) is 1. The second kappa shape index (κ2) is 6.24. The molecule has 0 heterocycles. The van der Waals surface area contributed by atoms with Crippen LogP contribution in [0.25, 0.3) is 0 Å². The van der Waals surface area contributed by atoms with Gasteiger partial charge < -0.3 is 4.74 Å². The average molecular weight is 307 g/mol. The van der Waals surface area contributed by atoms with Gasteiger partial charge in [0, 0.05) is 0 Å². The van der Waals surface area contributed by atoms with Crippen molar-refractivity contribution in [2.45, 2.75) is 24.3 Å². The number of carbonyl (C=O) groups is 1. The highest BCUT2D eigenvalue weighted by atomic mass is 32.2. The molecule has 0 aliphatic heterocycles. The second-order valence-corrected chi connectivity index (χ2v) is 6.48. The molecule has 5 nitrogen and oxygen atoms in total. The van der Waals surface area contributed by atoms with Crippen molar-refractivity contribution in [1.29, 1.82) is 0 Å². The van der Waals surface area contributed by atoms with E-state index in [1.165, 1.54) is 19.2 Å². The lowest BCUT2D eigenvalue weighted by atomic mass is 10.0. The molecule has 1 unspecified atom stereocenters. The van der Waals surface area contributed by atoms with E-state index in [9.17, 15) is 13.2 Å². The van der Waals surface area contributed by atoms with Gasteiger partial charge in [-0.15, -0.1) is 0 Å². The fourth-order valence-electron chi connectivity index (χ4n) is 2.04. The van der Waals surface area contributed by atoms with Crippen molar-refractivity contribution in [3.8, 4) is 0 Å². The molecule has 1 aliphatic carbocycles. The maximum atomic E-state index is 12.4. The van der Waals surface area contributed by atoms with Crippen LogP contribution < -0.4 is 4.72 Å². The number of esters is 1. The highest BCUT2D eigenvalue weighted by molar-refractivity contribution is 7.89. The average Bonchev–Trinajstić information content (AvgIpc) is 2.47. The van der Waals surface area contributed by atoms with E-state index in [4.69, 9.17) is 0 Å². The van der Waals surface area contributed by atoms with Crippen LogP contribution in [0, 0.1) is 6.92 Å². The number of methoxy groups -OCH3 is 1. The first-order chi connectivity index (χ1) is 9.94. The van der Waals surface area contributed by atoms with Gasteiger partial charge in [-0.2, -0.15) is 0 Å². The molecule has 1 atom stereocenters. The summed E-state index contributed by atoms with van der Waals surface area (Å²) < 4.78 is 31.9. The van der Waals surface area contributed by atoms with E-state index in [2.05, 4.69) is 9.46 Å². The van der Waals surface area contributed by atoms with Crippen LogP contribution >= 0.6 is 0 Å². The van der Waals surface area contributed by atoms with Crippen LogP contribution in [0.15, 0.2) is 53.0 Å². The van der Waals surface area contributed by atoms with Gasteiger partial charge in [-0.25, -0.2) is 17.9 Å². The van der Waals surface area contributed by atoms with Crippen molar-refractivity contribution in [2.75, 3.05) is 7.11 Å². The van der Waals surface area contributed by atoms with Crippen molar-refractivity contribution < 1.29 is 17.9 Å². The monoisotopic (exact) mass is 307 g/mol. The molecule has 0 saturated heterocycles. The van der Waals surface area contributed by atoms with E-state index in [0.717, 1.165) is 5.56 Å². The van der Waals surface area contributed by atoms with Crippen molar-refractivity contribution in [3.63, 3.8) is 0 Å². The summed E-state index contributed by atoms with van der Waals surface area (Å²) in [4.78, 5) is 11.9. The molecule has 0 bridgehead atoms. The number of aryl methyl sites for hydroxylation is 1. The molecule has 2 rings (SSSR count). The summed E-state index contributed by atoms with van der Waals surface area (Å²) in [6.45, 7) is 1.88. The molecule has 1 N–H and O–H groups in total. The third-order valence-corrected chi connectivity index (χ3v) is 4.70. The molecule has 112 valence electrons. The second-order valence-electron chi connectivity index (χ2n) is 4.76. The summed E-state index contributed by atoms with van der Waals surface area (Å²) in [5, 5.41) is 0. The number of benzene rings is 1. The number of rotatable bonds is 4. The lowest BCUT2D eigenvalue weighted by Crippen LogP contribution is -2.39. The van der Waals surface area contributed by atoms with Gasteiger partial charge in [-0.1, -0.05) is 35.9 Å². The largest absolute Gasteiger partial charge is 0.466 e. The quantitative estimate of drug-likeness (QED) is 0.859. The van der Waals surface area contributed by atoms with Crippen molar-refractivity contribution >= 4 is 16.0 Å². The van der Waals surface area contributed by atoms with Crippen molar-refractivity contribution in [1.82, 2.24) is 4.72 Å². The molecule has 1 aromatic rings. The van der Waals surface area contributed by atoms with E-state index in [0.29, 0.717) is 12.0 Å². The molecule has 0 spiro atoms. The molecule has 0 radical (unpaired) electrons. The Labute approximate surface area is 124 Å². The third-order valence-electron chi connectivity index (χ3n) is 3.21. The Kier molecular flexibility index (Phi) is 4.59. The molecule has 0 aromatic heterocycles. The third kappa shape index (κ3) is 3.59. The molecule has 0 saturated carbocycles. The zero-order chi connectivity index (χ0) is 15.5. The van der Waals surface area contributed by atoms with Gasteiger partial charge in [0.1, 0.15) is 0 Å². The zero-order valence-electron chi connectivity index (χ0n) is 11.9. The molecule has 0 fully saturated rings. The first kappa shape index (κ1) is 15.5. The Morgan fingerprint density at radius 2 is 1.95 bits per heavy atom. The topological polar surface area (TPSA) is 72.5 Å². The minimum Gasteiger partial charge on any atom is -0.466 e. The predicted molar refractivity (Wildman–Crippen MR) is 79.1 cm³/mol. The zero-order valence-corrected chi connectivity index (χ0v) is 12.7. The number of ether oxygens (including phenoxy) is 1. The predicted octanol–water partition coefficient (Wildman–Crippen LogP) is 1.70. The van der Waals surface area contributed by atoms with Gasteiger partial charge >= 0.3 is 5.97 Å². The molecular weight excluding hydrogens is 290 g/mol. The number of carbonyl (C=O) groups excluding carboxylic acids is 1. The summed E-state index contributed by atoms with van der Waals surface area (Å²) in [6.07, 6.45) is 5.49. The number of allylic oxidation sites excluding steroid dienone is 2. The SMILES string of the molecule is COC(=O)C1=CC=CCC1NS(=O)(=O)c1ccc(C)cc1. The Bertz CT molecular complexity index is 687. The summed E-state index contributed by atoms with van der Waals surface area (Å²) in [6, 6.07) is 5.92. The molecule has 0 amide bonds.